The van der Waals surface area contributed by atoms with Crippen LogP contribution < -0.4 is 5.32 Å². The highest BCUT2D eigenvalue weighted by Crippen LogP contribution is 2.20. The van der Waals surface area contributed by atoms with Gasteiger partial charge in [-0.15, -0.1) is 0 Å². The molecule has 1 rings (SSSR count). The van der Waals surface area contributed by atoms with Gasteiger partial charge >= 0.3 is 5.97 Å². The maximum atomic E-state index is 11.0. The van der Waals surface area contributed by atoms with E-state index in [0.29, 0.717) is 17.4 Å². The van der Waals surface area contributed by atoms with Crippen LogP contribution >= 0.6 is 11.5 Å². The number of nitrogens with one attached hydrogen (secondary N) is 1. The molecule has 0 saturated heterocycles. The molecule has 2 N–H and O–H groups in total. The first-order chi connectivity index (χ1) is 6.48. The molecule has 0 aromatic carbocycles. The molecular formula is C8H13N3O2S. The van der Waals surface area contributed by atoms with Crippen LogP contribution in [0.4, 0.5) is 5.13 Å². The van der Waals surface area contributed by atoms with Gasteiger partial charge < -0.3 is 10.4 Å². The summed E-state index contributed by atoms with van der Waals surface area (Å²) in [5.74, 6) is -0.228. The highest BCUT2D eigenvalue weighted by atomic mass is 32.1. The van der Waals surface area contributed by atoms with E-state index in [-0.39, 0.29) is 0 Å². The Morgan fingerprint density at radius 3 is 2.71 bits per heavy atom. The molecule has 0 saturated carbocycles. The molecule has 78 valence electrons. The summed E-state index contributed by atoms with van der Waals surface area (Å²) in [5.41, 5.74) is -0.966. The SMILES string of the molecule is CCC(C)(Nc1nc(C)ns1)C(=O)O. The molecule has 1 unspecified atom stereocenters. The number of hydrogen-bond donors (Lipinski definition) is 2. The quantitative estimate of drug-likeness (QED) is 0.796. The smallest absolute Gasteiger partial charge is 0.329 e. The Bertz CT molecular complexity index is 339. The number of aliphatic carboxylic acids is 1. The molecule has 0 fully saturated rings. The summed E-state index contributed by atoms with van der Waals surface area (Å²) in [6, 6.07) is 0. The number of carbonyl (C=O) groups is 1. The van der Waals surface area contributed by atoms with Crippen molar-refractivity contribution in [2.75, 3.05) is 5.32 Å². The molecule has 6 heteroatoms. The van der Waals surface area contributed by atoms with Crippen LogP contribution in [0, 0.1) is 6.92 Å². The standard InChI is InChI=1S/C8H13N3O2S/c1-4-8(3,6(12)13)10-7-9-5(2)11-14-7/h4H2,1-3H3,(H,12,13)(H,9,10,11). The van der Waals surface area contributed by atoms with E-state index in [1.165, 1.54) is 11.5 Å². The molecule has 0 spiro atoms. The number of carboxylic acids is 1. The molecule has 0 aliphatic carbocycles. The van der Waals surface area contributed by atoms with Crippen LogP contribution in [0.25, 0.3) is 0 Å². The molecule has 1 atom stereocenters. The van der Waals surface area contributed by atoms with Crippen molar-refractivity contribution in [1.29, 1.82) is 0 Å². The number of hydrogen-bond acceptors (Lipinski definition) is 5. The van der Waals surface area contributed by atoms with Crippen molar-refractivity contribution in [2.45, 2.75) is 32.7 Å². The van der Waals surface area contributed by atoms with Crippen molar-refractivity contribution in [3.05, 3.63) is 5.82 Å². The Labute approximate surface area is 86.3 Å². The summed E-state index contributed by atoms with van der Waals surface area (Å²) >= 11 is 1.17. The first kappa shape index (κ1) is 10.9. The number of nitrogens with zero attached hydrogens (tertiary/aromatic N) is 2. The van der Waals surface area contributed by atoms with E-state index in [0.717, 1.165) is 0 Å². The van der Waals surface area contributed by atoms with Crippen LogP contribution in [0.1, 0.15) is 26.1 Å². The van der Waals surface area contributed by atoms with E-state index >= 15 is 0 Å². The van der Waals surface area contributed by atoms with E-state index in [9.17, 15) is 4.79 Å². The van der Waals surface area contributed by atoms with Gasteiger partial charge in [-0.3, -0.25) is 0 Å². The lowest BCUT2D eigenvalue weighted by Gasteiger charge is -2.23. The Balaban J connectivity index is 2.80. The third-order valence-electron chi connectivity index (χ3n) is 2.09. The van der Waals surface area contributed by atoms with E-state index in [1.54, 1.807) is 13.8 Å². The van der Waals surface area contributed by atoms with Crippen molar-refractivity contribution < 1.29 is 9.90 Å². The van der Waals surface area contributed by atoms with Gasteiger partial charge in [-0.25, -0.2) is 9.78 Å². The van der Waals surface area contributed by atoms with Crippen molar-refractivity contribution in [3.8, 4) is 0 Å². The normalized spacial score (nSPS) is 14.8. The Kier molecular flexibility index (Phi) is 3.05. The Morgan fingerprint density at radius 1 is 1.71 bits per heavy atom. The zero-order chi connectivity index (χ0) is 10.8. The van der Waals surface area contributed by atoms with Gasteiger partial charge in [-0.1, -0.05) is 6.92 Å². The number of anilines is 1. The Morgan fingerprint density at radius 2 is 2.36 bits per heavy atom. The minimum Gasteiger partial charge on any atom is -0.480 e. The predicted molar refractivity (Wildman–Crippen MR) is 54.6 cm³/mol. The van der Waals surface area contributed by atoms with Gasteiger partial charge in [0.05, 0.1) is 0 Å². The third kappa shape index (κ3) is 2.20. The minimum atomic E-state index is -0.966. The van der Waals surface area contributed by atoms with Gasteiger partial charge in [0.2, 0.25) is 5.13 Å². The fraction of sp³-hybridized carbons (Fsp3) is 0.625. The first-order valence-electron chi connectivity index (χ1n) is 4.30. The van der Waals surface area contributed by atoms with Crippen LogP contribution in [0.2, 0.25) is 0 Å². The molecular weight excluding hydrogens is 202 g/mol. The van der Waals surface area contributed by atoms with Crippen molar-refractivity contribution >= 4 is 22.6 Å². The van der Waals surface area contributed by atoms with Gasteiger partial charge in [-0.05, 0) is 20.3 Å². The number of carboxylic acid groups (broad SMARTS) is 1. The predicted octanol–water partition coefficient (Wildman–Crippen LogP) is 1.51. The van der Waals surface area contributed by atoms with E-state index < -0.39 is 11.5 Å². The second kappa shape index (κ2) is 3.91. The summed E-state index contributed by atoms with van der Waals surface area (Å²) in [6.45, 7) is 5.22. The fourth-order valence-corrected chi connectivity index (χ4v) is 1.58. The number of aryl methyl sites for hydroxylation is 1. The topological polar surface area (TPSA) is 75.1 Å². The lowest BCUT2D eigenvalue weighted by Crippen LogP contribution is -2.42. The van der Waals surface area contributed by atoms with E-state index in [1.807, 2.05) is 6.92 Å². The van der Waals surface area contributed by atoms with Crippen LogP contribution in [0.5, 0.6) is 0 Å². The van der Waals surface area contributed by atoms with E-state index in [4.69, 9.17) is 5.11 Å². The van der Waals surface area contributed by atoms with Crippen molar-refractivity contribution in [2.24, 2.45) is 0 Å². The average Bonchev–Trinajstić information content (AvgIpc) is 2.50. The highest BCUT2D eigenvalue weighted by Gasteiger charge is 2.31. The average molecular weight is 215 g/mol. The second-order valence-corrected chi connectivity index (χ2v) is 4.01. The van der Waals surface area contributed by atoms with Gasteiger partial charge in [-0.2, -0.15) is 4.37 Å². The van der Waals surface area contributed by atoms with Crippen LogP contribution in [-0.4, -0.2) is 26.0 Å². The number of aromatic nitrogens is 2. The summed E-state index contributed by atoms with van der Waals surface area (Å²) in [6.07, 6.45) is 0.487. The lowest BCUT2D eigenvalue weighted by atomic mass is 10.00. The number of rotatable bonds is 4. The fourth-order valence-electron chi connectivity index (χ4n) is 0.877. The summed E-state index contributed by atoms with van der Waals surface area (Å²) < 4.78 is 3.97. The summed E-state index contributed by atoms with van der Waals surface area (Å²) in [5, 5.41) is 12.4. The van der Waals surface area contributed by atoms with Gasteiger partial charge in [0.1, 0.15) is 11.4 Å². The van der Waals surface area contributed by atoms with Crippen LogP contribution in [0.3, 0.4) is 0 Å². The second-order valence-electron chi connectivity index (χ2n) is 3.26. The van der Waals surface area contributed by atoms with Gasteiger partial charge in [0.25, 0.3) is 0 Å². The molecule has 0 radical (unpaired) electrons. The summed E-state index contributed by atoms with van der Waals surface area (Å²) in [7, 11) is 0. The monoisotopic (exact) mass is 215 g/mol. The molecule has 0 bridgehead atoms. The highest BCUT2D eigenvalue weighted by molar-refractivity contribution is 7.09. The largest absolute Gasteiger partial charge is 0.480 e. The van der Waals surface area contributed by atoms with Crippen molar-refractivity contribution in [1.82, 2.24) is 9.36 Å². The summed E-state index contributed by atoms with van der Waals surface area (Å²) in [4.78, 5) is 15.0. The molecule has 1 aromatic rings. The minimum absolute atomic E-state index is 0.487. The van der Waals surface area contributed by atoms with Gasteiger partial charge in [0.15, 0.2) is 0 Å². The molecule has 14 heavy (non-hydrogen) atoms. The molecule has 0 aliphatic heterocycles. The molecule has 5 nitrogen and oxygen atoms in total. The third-order valence-corrected chi connectivity index (χ3v) is 2.81. The maximum Gasteiger partial charge on any atom is 0.329 e. The molecule has 0 aliphatic rings. The van der Waals surface area contributed by atoms with E-state index in [2.05, 4.69) is 14.7 Å². The maximum absolute atomic E-state index is 11.0. The Hall–Kier alpha value is -1.17. The zero-order valence-electron chi connectivity index (χ0n) is 8.37. The van der Waals surface area contributed by atoms with Gasteiger partial charge in [0, 0.05) is 11.5 Å². The van der Waals surface area contributed by atoms with Crippen LogP contribution in [0.15, 0.2) is 0 Å². The van der Waals surface area contributed by atoms with Crippen LogP contribution in [-0.2, 0) is 4.79 Å². The van der Waals surface area contributed by atoms with Crippen molar-refractivity contribution in [3.63, 3.8) is 0 Å². The molecule has 1 aromatic heterocycles. The lowest BCUT2D eigenvalue weighted by molar-refractivity contribution is -0.141. The zero-order valence-corrected chi connectivity index (χ0v) is 9.18. The molecule has 0 amide bonds. The first-order valence-corrected chi connectivity index (χ1v) is 5.07. The molecule has 1 heterocycles.